The maximum Gasteiger partial charge on any atom is 0.275 e. The Hall–Kier alpha value is -2.45. The van der Waals surface area contributed by atoms with E-state index < -0.39 is 6.17 Å². The number of nitrogens with zero attached hydrogens (tertiary/aromatic N) is 3. The Morgan fingerprint density at radius 1 is 1.15 bits per heavy atom. The van der Waals surface area contributed by atoms with Gasteiger partial charge in [-0.2, -0.15) is 0 Å². The van der Waals surface area contributed by atoms with Crippen molar-refractivity contribution in [2.24, 2.45) is 0 Å². The van der Waals surface area contributed by atoms with Crippen LogP contribution < -0.4 is 10.3 Å². The van der Waals surface area contributed by atoms with E-state index in [9.17, 15) is 9.18 Å². The summed E-state index contributed by atoms with van der Waals surface area (Å²) in [5, 5.41) is 0.673. The SMILES string of the molecule is Cl.O=c1c2sc(-c3ccc(Cl)cc3)cc2ncn1-c1ccc(OCCN2CC[C@@H](F)C2)cc1. The zero-order valence-electron chi connectivity index (χ0n) is 17.6. The van der Waals surface area contributed by atoms with Crippen molar-refractivity contribution in [1.82, 2.24) is 14.5 Å². The van der Waals surface area contributed by atoms with Crippen molar-refractivity contribution in [3.05, 3.63) is 76.3 Å². The van der Waals surface area contributed by atoms with E-state index in [0.717, 1.165) is 22.7 Å². The molecule has 0 spiro atoms. The second-order valence-electron chi connectivity index (χ2n) is 7.78. The van der Waals surface area contributed by atoms with Crippen molar-refractivity contribution in [2.75, 3.05) is 26.2 Å². The molecule has 1 saturated heterocycles. The van der Waals surface area contributed by atoms with Crippen LogP contribution in [0.3, 0.4) is 0 Å². The van der Waals surface area contributed by atoms with Crippen LogP contribution in [0.15, 0.2) is 65.7 Å². The zero-order valence-corrected chi connectivity index (χ0v) is 20.0. The fourth-order valence-electron chi connectivity index (χ4n) is 3.84. The molecule has 3 heterocycles. The van der Waals surface area contributed by atoms with E-state index in [0.29, 0.717) is 47.1 Å². The molecule has 2 aromatic heterocycles. The van der Waals surface area contributed by atoms with Crippen molar-refractivity contribution in [3.63, 3.8) is 0 Å². The summed E-state index contributed by atoms with van der Waals surface area (Å²) in [6.45, 7) is 2.48. The van der Waals surface area contributed by atoms with Gasteiger partial charge in [0.2, 0.25) is 0 Å². The summed E-state index contributed by atoms with van der Waals surface area (Å²) in [4.78, 5) is 20.6. The molecule has 4 aromatic rings. The van der Waals surface area contributed by atoms with Crippen LogP contribution in [0, 0.1) is 0 Å². The third-order valence-corrected chi connectivity index (χ3v) is 6.99. The highest BCUT2D eigenvalue weighted by atomic mass is 35.5. The van der Waals surface area contributed by atoms with E-state index >= 15 is 0 Å². The number of hydrogen-bond acceptors (Lipinski definition) is 5. The highest BCUT2D eigenvalue weighted by Crippen LogP contribution is 2.31. The van der Waals surface area contributed by atoms with E-state index in [2.05, 4.69) is 9.88 Å². The van der Waals surface area contributed by atoms with E-state index in [1.165, 1.54) is 11.3 Å². The molecule has 1 aliphatic rings. The topological polar surface area (TPSA) is 47.4 Å². The number of fused-ring (bicyclic) bond motifs is 1. The van der Waals surface area contributed by atoms with Crippen LogP contribution in [0.4, 0.5) is 4.39 Å². The summed E-state index contributed by atoms with van der Waals surface area (Å²) in [6, 6.07) is 16.8. The van der Waals surface area contributed by atoms with Crippen LogP contribution in [-0.2, 0) is 0 Å². The largest absolute Gasteiger partial charge is 0.492 e. The number of halogens is 3. The summed E-state index contributed by atoms with van der Waals surface area (Å²) >= 11 is 7.40. The van der Waals surface area contributed by atoms with E-state index in [-0.39, 0.29) is 18.0 Å². The number of hydrogen-bond donors (Lipinski definition) is 0. The molecule has 0 amide bonds. The lowest BCUT2D eigenvalue weighted by molar-refractivity contribution is 0.224. The quantitative estimate of drug-likeness (QED) is 0.341. The molecule has 0 N–H and O–H groups in total. The third kappa shape index (κ3) is 5.22. The van der Waals surface area contributed by atoms with E-state index in [1.54, 1.807) is 10.9 Å². The molecule has 172 valence electrons. The van der Waals surface area contributed by atoms with Crippen LogP contribution in [0.1, 0.15) is 6.42 Å². The van der Waals surface area contributed by atoms with Crippen LogP contribution >= 0.6 is 35.3 Å². The highest BCUT2D eigenvalue weighted by Gasteiger charge is 2.21. The van der Waals surface area contributed by atoms with Gasteiger partial charge in [0.15, 0.2) is 0 Å². The lowest BCUT2D eigenvalue weighted by atomic mass is 10.2. The van der Waals surface area contributed by atoms with Gasteiger partial charge in [-0.15, -0.1) is 23.7 Å². The minimum atomic E-state index is -0.718. The predicted molar refractivity (Wildman–Crippen MR) is 134 cm³/mol. The first-order valence-corrected chi connectivity index (χ1v) is 11.6. The van der Waals surface area contributed by atoms with Gasteiger partial charge in [-0.3, -0.25) is 14.3 Å². The van der Waals surface area contributed by atoms with Crippen molar-refractivity contribution in [3.8, 4) is 21.9 Å². The third-order valence-electron chi connectivity index (χ3n) is 5.57. The standard InChI is InChI=1S/C24H21ClFN3O2S.ClH/c25-17-3-1-16(2-4-17)22-13-21-23(32-22)24(30)29(15-27-21)19-5-7-20(8-6-19)31-12-11-28-10-9-18(26)14-28;/h1-8,13,15,18H,9-12,14H2;1H/t18-;/m1./s1. The first-order chi connectivity index (χ1) is 15.6. The molecule has 5 nitrogen and oxygen atoms in total. The normalized spacial score (nSPS) is 16.1. The second-order valence-corrected chi connectivity index (χ2v) is 9.27. The van der Waals surface area contributed by atoms with Crippen LogP contribution in [0.2, 0.25) is 5.02 Å². The van der Waals surface area contributed by atoms with Gasteiger partial charge < -0.3 is 4.74 Å². The monoisotopic (exact) mass is 505 g/mol. The number of likely N-dealkylation sites (tertiary alicyclic amines) is 1. The molecule has 0 aliphatic carbocycles. The van der Waals surface area contributed by atoms with Crippen LogP contribution in [-0.4, -0.2) is 46.9 Å². The van der Waals surface area contributed by atoms with Gasteiger partial charge >= 0.3 is 0 Å². The highest BCUT2D eigenvalue weighted by molar-refractivity contribution is 7.22. The molecule has 0 bridgehead atoms. The molecule has 1 atom stereocenters. The Morgan fingerprint density at radius 3 is 2.61 bits per heavy atom. The number of thiophene rings is 1. The van der Waals surface area contributed by atoms with E-state index in [1.807, 2.05) is 54.6 Å². The van der Waals surface area contributed by atoms with E-state index in [4.69, 9.17) is 16.3 Å². The first kappa shape index (κ1) is 23.7. The number of benzene rings is 2. The van der Waals surface area contributed by atoms with Crippen molar-refractivity contribution in [1.29, 1.82) is 0 Å². The zero-order chi connectivity index (χ0) is 22.1. The summed E-state index contributed by atoms with van der Waals surface area (Å²) in [5.74, 6) is 0.716. The molecular formula is C24H22Cl2FN3O2S. The molecule has 9 heteroatoms. The molecule has 1 aliphatic heterocycles. The average Bonchev–Trinajstić information content (AvgIpc) is 3.42. The number of aromatic nitrogens is 2. The Kier molecular flexibility index (Phi) is 7.34. The lowest BCUT2D eigenvalue weighted by Gasteiger charge is -2.15. The molecule has 5 rings (SSSR count). The number of ether oxygens (including phenoxy) is 1. The number of alkyl halides is 1. The minimum Gasteiger partial charge on any atom is -0.492 e. The number of rotatable bonds is 6. The minimum absolute atomic E-state index is 0. The van der Waals surface area contributed by atoms with Gasteiger partial charge in [0.25, 0.3) is 5.56 Å². The Balaban J connectivity index is 0.00000259. The predicted octanol–water partition coefficient (Wildman–Crippen LogP) is 5.61. The molecule has 2 aromatic carbocycles. The molecule has 0 saturated carbocycles. The van der Waals surface area contributed by atoms with Gasteiger partial charge in [0, 0.05) is 29.5 Å². The van der Waals surface area contributed by atoms with Crippen molar-refractivity contribution < 1.29 is 9.13 Å². The smallest absolute Gasteiger partial charge is 0.275 e. The molecule has 0 unspecified atom stereocenters. The summed E-state index contributed by atoms with van der Waals surface area (Å²) in [7, 11) is 0. The molecule has 0 radical (unpaired) electrons. The van der Waals surface area contributed by atoms with Gasteiger partial charge in [0.1, 0.15) is 29.6 Å². The second kappa shape index (κ2) is 10.2. The van der Waals surface area contributed by atoms with Gasteiger partial charge in [-0.05, 0) is 54.4 Å². The Morgan fingerprint density at radius 2 is 1.91 bits per heavy atom. The lowest BCUT2D eigenvalue weighted by Crippen LogP contribution is -2.26. The van der Waals surface area contributed by atoms with Crippen LogP contribution in [0.5, 0.6) is 5.75 Å². The molecular weight excluding hydrogens is 484 g/mol. The summed E-state index contributed by atoms with van der Waals surface area (Å²) in [5.41, 5.74) is 2.29. The fraction of sp³-hybridized carbons (Fsp3) is 0.250. The van der Waals surface area contributed by atoms with Crippen molar-refractivity contribution >= 4 is 45.6 Å². The molecule has 1 fully saturated rings. The first-order valence-electron chi connectivity index (χ1n) is 10.4. The summed E-state index contributed by atoms with van der Waals surface area (Å²) < 4.78 is 21.2. The fourth-order valence-corrected chi connectivity index (χ4v) is 5.01. The van der Waals surface area contributed by atoms with Crippen LogP contribution in [0.25, 0.3) is 26.3 Å². The molecule has 33 heavy (non-hydrogen) atoms. The van der Waals surface area contributed by atoms with Gasteiger partial charge in [-0.1, -0.05) is 23.7 Å². The summed E-state index contributed by atoms with van der Waals surface area (Å²) in [6.07, 6.45) is 1.44. The van der Waals surface area contributed by atoms with Gasteiger partial charge in [0.05, 0.1) is 11.2 Å². The maximum atomic E-state index is 13.2. The Bertz CT molecular complexity index is 1290. The average molecular weight is 506 g/mol. The Labute approximate surface area is 205 Å². The maximum absolute atomic E-state index is 13.2. The van der Waals surface area contributed by atoms with Gasteiger partial charge in [-0.25, -0.2) is 9.37 Å². The van der Waals surface area contributed by atoms with Crippen molar-refractivity contribution in [2.45, 2.75) is 12.6 Å².